The number of hydrogen-bond acceptors (Lipinski definition) is 4. The average Bonchev–Trinajstić information content (AvgIpc) is 3.07. The van der Waals surface area contributed by atoms with Crippen LogP contribution in [0.1, 0.15) is 24.3 Å². The number of carbonyl (C=O) groups is 2. The third-order valence-corrected chi connectivity index (χ3v) is 4.44. The Balaban J connectivity index is 1.87. The minimum absolute atomic E-state index is 0.129. The minimum atomic E-state index is -1.09. The summed E-state index contributed by atoms with van der Waals surface area (Å²) >= 11 is 1.45. The Morgan fingerprint density at radius 1 is 1.25 bits per heavy atom. The number of nitrogens with one attached hydrogen (secondary N) is 2. The second-order valence-corrected chi connectivity index (χ2v) is 6.55. The van der Waals surface area contributed by atoms with Gasteiger partial charge >= 0.3 is 0 Å². The van der Waals surface area contributed by atoms with Crippen LogP contribution in [0.3, 0.4) is 0 Å². The van der Waals surface area contributed by atoms with E-state index in [0.717, 1.165) is 10.4 Å². The fourth-order valence-electron chi connectivity index (χ4n) is 2.04. The topological polar surface area (TPSA) is 78.4 Å². The Kier molecular flexibility index (Phi) is 5.89. The van der Waals surface area contributed by atoms with E-state index in [0.29, 0.717) is 5.69 Å². The third-order valence-electron chi connectivity index (χ3n) is 3.32. The van der Waals surface area contributed by atoms with Gasteiger partial charge < -0.3 is 15.7 Å². The number of hydrogen-bond donors (Lipinski definition) is 3. The lowest BCUT2D eigenvalue weighted by Crippen LogP contribution is -2.37. The quantitative estimate of drug-likeness (QED) is 0.705. The molecule has 0 aliphatic carbocycles. The van der Waals surface area contributed by atoms with Crippen molar-refractivity contribution >= 4 is 34.9 Å². The molecule has 5 nitrogen and oxygen atoms in total. The second-order valence-electron chi connectivity index (χ2n) is 5.61. The van der Waals surface area contributed by atoms with E-state index in [9.17, 15) is 14.7 Å². The summed E-state index contributed by atoms with van der Waals surface area (Å²) in [6.45, 7) is 3.25. The van der Waals surface area contributed by atoms with Crippen molar-refractivity contribution in [2.24, 2.45) is 0 Å². The second kappa shape index (κ2) is 7.90. The van der Waals surface area contributed by atoms with E-state index in [1.54, 1.807) is 37.3 Å². The summed E-state index contributed by atoms with van der Waals surface area (Å²) in [5, 5.41) is 17.6. The first-order chi connectivity index (χ1) is 11.4. The molecule has 2 aromatic rings. The maximum Gasteiger partial charge on any atom is 0.244 e. The Bertz CT molecular complexity index is 719. The normalized spacial score (nSPS) is 13.5. The van der Waals surface area contributed by atoms with Crippen molar-refractivity contribution in [1.29, 1.82) is 0 Å². The molecule has 0 saturated heterocycles. The van der Waals surface area contributed by atoms with Gasteiger partial charge in [-0.05, 0) is 42.1 Å². The molecule has 0 aliphatic heterocycles. The van der Waals surface area contributed by atoms with Gasteiger partial charge in [-0.1, -0.05) is 18.2 Å². The van der Waals surface area contributed by atoms with Gasteiger partial charge in [0.1, 0.15) is 5.60 Å². The predicted molar refractivity (Wildman–Crippen MR) is 96.7 cm³/mol. The lowest BCUT2D eigenvalue weighted by molar-refractivity contribution is -0.117. The number of thiophene rings is 1. The van der Waals surface area contributed by atoms with Crippen molar-refractivity contribution in [2.75, 3.05) is 11.9 Å². The number of rotatable bonds is 6. The van der Waals surface area contributed by atoms with Crippen LogP contribution in [0.25, 0.3) is 6.08 Å². The molecule has 2 rings (SSSR count). The van der Waals surface area contributed by atoms with Crippen LogP contribution in [0.15, 0.2) is 47.9 Å². The zero-order chi connectivity index (χ0) is 17.6. The monoisotopic (exact) mass is 344 g/mol. The maximum absolute atomic E-state index is 11.9. The zero-order valence-corrected chi connectivity index (χ0v) is 14.4. The molecule has 0 aliphatic rings. The molecule has 0 fully saturated rings. The van der Waals surface area contributed by atoms with Gasteiger partial charge in [0.15, 0.2) is 0 Å². The van der Waals surface area contributed by atoms with Gasteiger partial charge in [-0.25, -0.2) is 0 Å². The molecule has 0 radical (unpaired) electrons. The van der Waals surface area contributed by atoms with E-state index in [4.69, 9.17) is 0 Å². The largest absolute Gasteiger partial charge is 0.383 e. The van der Waals surface area contributed by atoms with Crippen LogP contribution in [-0.2, 0) is 15.2 Å². The predicted octanol–water partition coefficient (Wildman–Crippen LogP) is 2.74. The summed E-state index contributed by atoms with van der Waals surface area (Å²) in [4.78, 5) is 23.6. The molecular weight excluding hydrogens is 324 g/mol. The Morgan fingerprint density at radius 3 is 2.54 bits per heavy atom. The first kappa shape index (κ1) is 17.9. The first-order valence-corrected chi connectivity index (χ1v) is 8.35. The minimum Gasteiger partial charge on any atom is -0.383 e. The number of anilines is 1. The highest BCUT2D eigenvalue weighted by atomic mass is 32.1. The van der Waals surface area contributed by atoms with E-state index >= 15 is 0 Å². The molecule has 1 atom stereocenters. The van der Waals surface area contributed by atoms with Crippen LogP contribution in [0, 0.1) is 0 Å². The van der Waals surface area contributed by atoms with E-state index in [-0.39, 0.29) is 18.4 Å². The van der Waals surface area contributed by atoms with Gasteiger partial charge in [0.2, 0.25) is 11.8 Å². The average molecular weight is 344 g/mol. The number of aliphatic hydroxyl groups is 1. The molecule has 1 aromatic heterocycles. The molecule has 1 aromatic carbocycles. The molecule has 2 amide bonds. The lowest BCUT2D eigenvalue weighted by atomic mass is 10.1. The first-order valence-electron chi connectivity index (χ1n) is 7.47. The highest BCUT2D eigenvalue weighted by Crippen LogP contribution is 2.24. The van der Waals surface area contributed by atoms with Crippen LogP contribution < -0.4 is 10.6 Å². The summed E-state index contributed by atoms with van der Waals surface area (Å²) in [5.41, 5.74) is 0.456. The molecule has 0 saturated carbocycles. The van der Waals surface area contributed by atoms with Crippen molar-refractivity contribution in [2.45, 2.75) is 19.4 Å². The van der Waals surface area contributed by atoms with E-state index in [1.807, 2.05) is 17.5 Å². The van der Waals surface area contributed by atoms with Crippen molar-refractivity contribution in [3.8, 4) is 0 Å². The summed E-state index contributed by atoms with van der Waals surface area (Å²) in [5.74, 6) is -0.409. The van der Waals surface area contributed by atoms with Crippen molar-refractivity contribution in [1.82, 2.24) is 5.32 Å². The Morgan fingerprint density at radius 2 is 1.96 bits per heavy atom. The smallest absolute Gasteiger partial charge is 0.244 e. The summed E-state index contributed by atoms with van der Waals surface area (Å²) in [6.07, 6.45) is 3.09. The van der Waals surface area contributed by atoms with Gasteiger partial charge in [-0.2, -0.15) is 0 Å². The number of benzene rings is 1. The highest BCUT2D eigenvalue weighted by Gasteiger charge is 2.24. The standard InChI is InChI=1S/C18H20N2O3S/c1-13(21)20-15-8-5-14(6-9-15)7-10-17(22)19-12-18(2,23)16-4-3-11-24-16/h3-11,23H,12H2,1-2H3,(H,19,22)(H,20,21). The van der Waals surface area contributed by atoms with Gasteiger partial charge in [0.25, 0.3) is 0 Å². The van der Waals surface area contributed by atoms with Crippen LogP contribution >= 0.6 is 11.3 Å². The van der Waals surface area contributed by atoms with Crippen LogP contribution in [-0.4, -0.2) is 23.5 Å². The summed E-state index contributed by atoms with van der Waals surface area (Å²) in [7, 11) is 0. The molecular formula is C18H20N2O3S. The molecule has 6 heteroatoms. The molecule has 24 heavy (non-hydrogen) atoms. The molecule has 1 unspecified atom stereocenters. The third kappa shape index (κ3) is 5.33. The van der Waals surface area contributed by atoms with Crippen LogP contribution in [0.2, 0.25) is 0 Å². The van der Waals surface area contributed by atoms with E-state index in [2.05, 4.69) is 10.6 Å². The van der Waals surface area contributed by atoms with Gasteiger partial charge in [-0.3, -0.25) is 9.59 Å². The molecule has 1 heterocycles. The fraction of sp³-hybridized carbons (Fsp3) is 0.222. The van der Waals surface area contributed by atoms with Crippen LogP contribution in [0.5, 0.6) is 0 Å². The Labute approximate surface area is 145 Å². The van der Waals surface area contributed by atoms with Crippen molar-refractivity contribution in [3.05, 3.63) is 58.3 Å². The molecule has 0 bridgehead atoms. The maximum atomic E-state index is 11.9. The van der Waals surface area contributed by atoms with Gasteiger partial charge in [0.05, 0.1) is 6.54 Å². The Hall–Kier alpha value is -2.44. The molecule has 126 valence electrons. The highest BCUT2D eigenvalue weighted by molar-refractivity contribution is 7.10. The van der Waals surface area contributed by atoms with Crippen molar-refractivity contribution in [3.63, 3.8) is 0 Å². The summed E-state index contributed by atoms with van der Waals surface area (Å²) < 4.78 is 0. The van der Waals surface area contributed by atoms with Gasteiger partial charge in [0, 0.05) is 23.6 Å². The number of amides is 2. The number of carbonyl (C=O) groups excluding carboxylic acids is 2. The van der Waals surface area contributed by atoms with Crippen LogP contribution in [0.4, 0.5) is 5.69 Å². The fourth-order valence-corrected chi connectivity index (χ4v) is 2.83. The molecule has 3 N–H and O–H groups in total. The van der Waals surface area contributed by atoms with Crippen molar-refractivity contribution < 1.29 is 14.7 Å². The van der Waals surface area contributed by atoms with E-state index in [1.165, 1.54) is 24.3 Å². The summed E-state index contributed by atoms with van der Waals surface area (Å²) in [6, 6.07) is 10.8. The van der Waals surface area contributed by atoms with Gasteiger partial charge in [-0.15, -0.1) is 11.3 Å². The molecule has 0 spiro atoms. The SMILES string of the molecule is CC(=O)Nc1ccc(C=CC(=O)NCC(C)(O)c2cccs2)cc1. The zero-order valence-electron chi connectivity index (χ0n) is 13.6. The lowest BCUT2D eigenvalue weighted by Gasteiger charge is -2.21. The van der Waals surface area contributed by atoms with E-state index < -0.39 is 5.60 Å².